The monoisotopic (exact) mass is 716 g/mol. The Labute approximate surface area is 325 Å². The fourth-order valence-corrected chi connectivity index (χ4v) is 8.81. The van der Waals surface area contributed by atoms with Crippen molar-refractivity contribution in [2.45, 2.75) is 19.3 Å². The molecule has 0 amide bonds. The molecule has 10 aromatic rings. The van der Waals surface area contributed by atoms with Crippen LogP contribution in [0.2, 0.25) is 0 Å². The molecule has 0 bridgehead atoms. The highest BCUT2D eigenvalue weighted by Gasteiger charge is 2.37. The van der Waals surface area contributed by atoms with Gasteiger partial charge in [-0.3, -0.25) is 0 Å². The van der Waals surface area contributed by atoms with Gasteiger partial charge in [0.1, 0.15) is 11.2 Å². The molecule has 1 aliphatic rings. The van der Waals surface area contributed by atoms with Crippen LogP contribution in [0.15, 0.2) is 186 Å². The lowest BCUT2D eigenvalue weighted by atomic mass is 9.81. The number of aromatic nitrogens is 2. The van der Waals surface area contributed by atoms with E-state index >= 15 is 0 Å². The summed E-state index contributed by atoms with van der Waals surface area (Å²) in [4.78, 5) is 10.3. The quantitative estimate of drug-likeness (QED) is 0.178. The van der Waals surface area contributed by atoms with E-state index < -0.39 is 0 Å². The van der Waals surface area contributed by atoms with Gasteiger partial charge < -0.3 is 4.42 Å². The maximum absolute atomic E-state index is 6.37. The first-order valence-corrected chi connectivity index (χ1v) is 19.2. The van der Waals surface area contributed by atoms with Gasteiger partial charge in [0.05, 0.1) is 11.4 Å². The van der Waals surface area contributed by atoms with E-state index in [2.05, 4.69) is 166 Å². The summed E-state index contributed by atoms with van der Waals surface area (Å²) in [6.45, 7) is 4.71. The minimum Gasteiger partial charge on any atom is -0.455 e. The maximum Gasteiger partial charge on any atom is 0.160 e. The Kier molecular flexibility index (Phi) is 7.20. The summed E-state index contributed by atoms with van der Waals surface area (Å²) in [6.07, 6.45) is 0. The predicted molar refractivity (Wildman–Crippen MR) is 232 cm³/mol. The fraction of sp³-hybridized carbons (Fsp3) is 0.0566. The summed E-state index contributed by atoms with van der Waals surface area (Å²) in [7, 11) is 0. The molecule has 2 aromatic heterocycles. The molecule has 0 saturated heterocycles. The summed E-state index contributed by atoms with van der Waals surface area (Å²) in [5, 5.41) is 4.80. The Balaban J connectivity index is 1.02. The molecule has 0 spiro atoms. The zero-order valence-corrected chi connectivity index (χ0v) is 31.1. The number of rotatable bonds is 5. The highest BCUT2D eigenvalue weighted by Crippen LogP contribution is 2.53. The number of hydrogen-bond donors (Lipinski definition) is 0. The van der Waals surface area contributed by atoms with Crippen molar-refractivity contribution in [2.24, 2.45) is 0 Å². The van der Waals surface area contributed by atoms with Crippen LogP contribution in [0.5, 0.6) is 0 Å². The molecule has 0 fully saturated rings. The van der Waals surface area contributed by atoms with Crippen LogP contribution in [0.1, 0.15) is 25.0 Å². The van der Waals surface area contributed by atoms with Gasteiger partial charge in [-0.1, -0.05) is 166 Å². The summed E-state index contributed by atoms with van der Waals surface area (Å²) in [5.41, 5.74) is 16.4. The summed E-state index contributed by atoms with van der Waals surface area (Å²) in [6, 6.07) is 64.7. The van der Waals surface area contributed by atoms with E-state index in [1.54, 1.807) is 0 Å². The molecule has 3 heteroatoms. The van der Waals surface area contributed by atoms with E-state index in [1.165, 1.54) is 44.2 Å². The fourth-order valence-electron chi connectivity index (χ4n) is 8.81. The van der Waals surface area contributed by atoms with Crippen LogP contribution < -0.4 is 0 Å². The minimum absolute atomic E-state index is 0.109. The molecule has 1 aliphatic carbocycles. The molecular weight excluding hydrogens is 681 g/mol. The van der Waals surface area contributed by atoms with E-state index in [-0.39, 0.29) is 5.41 Å². The lowest BCUT2D eigenvalue weighted by Gasteiger charge is -2.22. The van der Waals surface area contributed by atoms with Crippen LogP contribution in [0, 0.1) is 0 Å². The second kappa shape index (κ2) is 12.5. The van der Waals surface area contributed by atoms with Crippen molar-refractivity contribution in [1.82, 2.24) is 9.97 Å². The van der Waals surface area contributed by atoms with Crippen molar-refractivity contribution in [2.75, 3.05) is 0 Å². The summed E-state index contributed by atoms with van der Waals surface area (Å²) in [5.74, 6) is 0.697. The topological polar surface area (TPSA) is 38.9 Å². The smallest absolute Gasteiger partial charge is 0.160 e. The first-order valence-electron chi connectivity index (χ1n) is 19.2. The molecule has 3 nitrogen and oxygen atoms in total. The lowest BCUT2D eigenvalue weighted by Crippen LogP contribution is -2.14. The first-order chi connectivity index (χ1) is 27.5. The molecule has 0 saturated carbocycles. The minimum atomic E-state index is -0.109. The zero-order chi connectivity index (χ0) is 37.4. The van der Waals surface area contributed by atoms with Crippen LogP contribution >= 0.6 is 0 Å². The van der Waals surface area contributed by atoms with Gasteiger partial charge in [0.15, 0.2) is 5.82 Å². The molecule has 0 unspecified atom stereocenters. The molecule has 0 atom stereocenters. The molecular formula is C53H36N2O. The van der Waals surface area contributed by atoms with E-state index in [4.69, 9.17) is 14.4 Å². The number of para-hydroxylation sites is 2. The van der Waals surface area contributed by atoms with Crippen LogP contribution in [0.4, 0.5) is 0 Å². The van der Waals surface area contributed by atoms with Crippen molar-refractivity contribution in [1.29, 1.82) is 0 Å². The van der Waals surface area contributed by atoms with Crippen LogP contribution in [0.3, 0.4) is 0 Å². The SMILES string of the molecule is CC1(C)c2cc3ccccc3cc2-c2c(-c3cccc(-c4cc(-c5ccc(-c6cccc7c6oc6ccccc67)cc5)nc(-c5ccccc5)n4)c3)cccc21. The highest BCUT2D eigenvalue weighted by atomic mass is 16.3. The Morgan fingerprint density at radius 3 is 1.88 bits per heavy atom. The van der Waals surface area contributed by atoms with Crippen molar-refractivity contribution in [3.8, 4) is 67.3 Å². The maximum atomic E-state index is 6.37. The molecule has 0 aliphatic heterocycles. The van der Waals surface area contributed by atoms with Crippen molar-refractivity contribution >= 4 is 32.7 Å². The Morgan fingerprint density at radius 2 is 1.04 bits per heavy atom. The third-order valence-corrected chi connectivity index (χ3v) is 11.7. The van der Waals surface area contributed by atoms with Crippen molar-refractivity contribution in [3.05, 3.63) is 193 Å². The van der Waals surface area contributed by atoms with E-state index in [0.717, 1.165) is 61.1 Å². The number of fused-ring (bicyclic) bond motifs is 7. The van der Waals surface area contributed by atoms with Gasteiger partial charge in [-0.25, -0.2) is 9.97 Å². The number of nitrogens with zero attached hydrogens (tertiary/aromatic N) is 2. The van der Waals surface area contributed by atoms with Gasteiger partial charge in [0, 0.05) is 38.4 Å². The largest absolute Gasteiger partial charge is 0.455 e. The lowest BCUT2D eigenvalue weighted by molar-refractivity contribution is 0.661. The number of benzene rings is 8. The van der Waals surface area contributed by atoms with Gasteiger partial charge >= 0.3 is 0 Å². The average Bonchev–Trinajstić information content (AvgIpc) is 3.75. The molecule has 0 radical (unpaired) electrons. The van der Waals surface area contributed by atoms with Crippen LogP contribution in [0.25, 0.3) is 100.0 Å². The second-order valence-corrected chi connectivity index (χ2v) is 15.4. The van der Waals surface area contributed by atoms with Crippen LogP contribution in [-0.2, 0) is 5.41 Å². The molecule has 8 aromatic carbocycles. The molecule has 2 heterocycles. The Hall–Kier alpha value is -7.10. The molecule has 0 N–H and O–H groups in total. The van der Waals surface area contributed by atoms with Gasteiger partial charge in [-0.05, 0) is 80.0 Å². The van der Waals surface area contributed by atoms with Gasteiger partial charge in [-0.2, -0.15) is 0 Å². The Morgan fingerprint density at radius 1 is 0.411 bits per heavy atom. The van der Waals surface area contributed by atoms with Crippen molar-refractivity contribution in [3.63, 3.8) is 0 Å². The zero-order valence-electron chi connectivity index (χ0n) is 31.1. The van der Waals surface area contributed by atoms with Gasteiger partial charge in [-0.15, -0.1) is 0 Å². The standard InChI is InChI=1S/C53H36N2O/c1-53(2)45-23-12-20-40(50(45)44-30-36-15-6-7-16-37(36)31-46(44)53)38-17-10-18-39(29-38)48-32-47(54-52(55-48)35-13-4-3-5-14-35)34-27-25-33(26-28-34)41-21-11-22-43-42-19-8-9-24-49(42)56-51(41)43/h3-32H,1-2H3. The van der Waals surface area contributed by atoms with Gasteiger partial charge in [0.2, 0.25) is 0 Å². The number of furan rings is 1. The average molecular weight is 717 g/mol. The van der Waals surface area contributed by atoms with Crippen molar-refractivity contribution < 1.29 is 4.42 Å². The predicted octanol–water partition coefficient (Wildman–Crippen LogP) is 14.2. The molecule has 264 valence electrons. The van der Waals surface area contributed by atoms with Gasteiger partial charge in [0.25, 0.3) is 0 Å². The number of hydrogen-bond acceptors (Lipinski definition) is 3. The van der Waals surface area contributed by atoms with Crippen LogP contribution in [-0.4, -0.2) is 9.97 Å². The van der Waals surface area contributed by atoms with E-state index in [1.807, 2.05) is 30.3 Å². The van der Waals surface area contributed by atoms with E-state index in [0.29, 0.717) is 5.82 Å². The second-order valence-electron chi connectivity index (χ2n) is 15.4. The molecule has 11 rings (SSSR count). The third-order valence-electron chi connectivity index (χ3n) is 11.7. The third kappa shape index (κ3) is 5.12. The summed E-state index contributed by atoms with van der Waals surface area (Å²) < 4.78 is 6.37. The highest BCUT2D eigenvalue weighted by molar-refractivity contribution is 6.09. The summed E-state index contributed by atoms with van der Waals surface area (Å²) >= 11 is 0. The normalized spacial score (nSPS) is 13.0. The molecule has 56 heavy (non-hydrogen) atoms. The van der Waals surface area contributed by atoms with E-state index in [9.17, 15) is 0 Å². The first kappa shape index (κ1) is 32.3. The Bertz CT molecular complexity index is 3150.